The summed E-state index contributed by atoms with van der Waals surface area (Å²) in [7, 11) is 0. The Labute approximate surface area is 329 Å². The van der Waals surface area contributed by atoms with Gasteiger partial charge in [0, 0.05) is 27.1 Å². The van der Waals surface area contributed by atoms with E-state index in [0.717, 1.165) is 28.4 Å². The first kappa shape index (κ1) is 31.7. The van der Waals surface area contributed by atoms with E-state index in [1.807, 2.05) is 12.1 Å². The maximum atomic E-state index is 6.42. The number of hydrogen-bond donors (Lipinski definition) is 0. The summed E-state index contributed by atoms with van der Waals surface area (Å²) in [5, 5.41) is 4.86. The van der Waals surface area contributed by atoms with Crippen molar-refractivity contribution in [1.82, 2.24) is 9.13 Å². The van der Waals surface area contributed by atoms with Crippen molar-refractivity contribution >= 4 is 43.6 Å². The van der Waals surface area contributed by atoms with Crippen LogP contribution in [0.5, 0.6) is 11.5 Å². The molecule has 0 amide bonds. The molecule has 2 aromatic heterocycles. The van der Waals surface area contributed by atoms with E-state index in [1.54, 1.807) is 0 Å². The second-order valence-corrected chi connectivity index (χ2v) is 14.9. The van der Waals surface area contributed by atoms with E-state index in [1.165, 1.54) is 82.6 Å². The zero-order valence-electron chi connectivity index (χ0n) is 30.9. The molecule has 9 aromatic carbocycles. The summed E-state index contributed by atoms with van der Waals surface area (Å²) in [6.45, 7) is 0. The summed E-state index contributed by atoms with van der Waals surface area (Å²) in [5.74, 6) is 1.76. The van der Waals surface area contributed by atoms with Crippen LogP contribution in [0.3, 0.4) is 0 Å². The molecule has 3 nitrogen and oxygen atoms in total. The Bertz CT molecular complexity index is 3270. The molecule has 266 valence electrons. The highest BCUT2D eigenvalue weighted by Crippen LogP contribution is 2.47. The third kappa shape index (κ3) is 4.86. The van der Waals surface area contributed by atoms with Crippen LogP contribution in [-0.2, 0) is 0 Å². The van der Waals surface area contributed by atoms with Crippen LogP contribution in [0.4, 0.5) is 0 Å². The Balaban J connectivity index is 1.07. The number of fused-ring (bicyclic) bond motifs is 8. The number of benzene rings is 9. The van der Waals surface area contributed by atoms with Crippen molar-refractivity contribution in [3.8, 4) is 67.4 Å². The van der Waals surface area contributed by atoms with E-state index in [4.69, 9.17) is 4.74 Å². The second kappa shape index (κ2) is 12.5. The fourth-order valence-corrected chi connectivity index (χ4v) is 9.15. The highest BCUT2D eigenvalue weighted by Gasteiger charge is 2.24. The molecule has 0 unspecified atom stereocenters. The number of aromatic nitrogens is 2. The summed E-state index contributed by atoms with van der Waals surface area (Å²) in [6, 6.07) is 74.6. The molecule has 3 heteroatoms. The van der Waals surface area contributed by atoms with Gasteiger partial charge in [-0.1, -0.05) is 146 Å². The lowest BCUT2D eigenvalue weighted by atomic mass is 9.92. The SMILES string of the molecule is c1ccc(-c2ccc3c(c2)c2cc(-c4ccccc4)ccc2n3-c2ccccc2-c2ccccc2-c2ccc3c(c2)c2cccc4c2n3-c2ccccc2O4)cc1. The molecule has 57 heavy (non-hydrogen) atoms. The van der Waals surface area contributed by atoms with E-state index >= 15 is 0 Å². The number of nitrogens with zero attached hydrogens (tertiary/aromatic N) is 2. The fraction of sp³-hybridized carbons (Fsp3) is 0. The molecule has 0 saturated heterocycles. The van der Waals surface area contributed by atoms with Gasteiger partial charge in [0.25, 0.3) is 0 Å². The fourth-order valence-electron chi connectivity index (χ4n) is 9.15. The van der Waals surface area contributed by atoms with Crippen LogP contribution in [-0.4, -0.2) is 9.13 Å². The Morgan fingerprint density at radius 3 is 1.46 bits per heavy atom. The Morgan fingerprint density at radius 1 is 0.281 bits per heavy atom. The largest absolute Gasteiger partial charge is 0.453 e. The highest BCUT2D eigenvalue weighted by molar-refractivity contribution is 6.14. The van der Waals surface area contributed by atoms with Gasteiger partial charge in [0.15, 0.2) is 11.5 Å². The molecule has 11 aromatic rings. The highest BCUT2D eigenvalue weighted by atomic mass is 16.5. The smallest absolute Gasteiger partial charge is 0.152 e. The number of rotatable bonds is 5. The van der Waals surface area contributed by atoms with Crippen molar-refractivity contribution in [2.24, 2.45) is 0 Å². The van der Waals surface area contributed by atoms with E-state index in [-0.39, 0.29) is 0 Å². The van der Waals surface area contributed by atoms with Crippen LogP contribution in [0.1, 0.15) is 0 Å². The average molecular weight is 727 g/mol. The van der Waals surface area contributed by atoms with Gasteiger partial charge >= 0.3 is 0 Å². The first-order chi connectivity index (χ1) is 28.3. The van der Waals surface area contributed by atoms with Crippen LogP contribution in [0.15, 0.2) is 206 Å². The summed E-state index contributed by atoms with van der Waals surface area (Å²) < 4.78 is 11.2. The van der Waals surface area contributed by atoms with Crippen molar-refractivity contribution in [2.75, 3.05) is 0 Å². The van der Waals surface area contributed by atoms with Crippen molar-refractivity contribution in [3.05, 3.63) is 206 Å². The molecule has 0 fully saturated rings. The quantitative estimate of drug-likeness (QED) is 0.173. The van der Waals surface area contributed by atoms with Crippen LogP contribution >= 0.6 is 0 Å². The van der Waals surface area contributed by atoms with Gasteiger partial charge < -0.3 is 13.9 Å². The molecule has 12 rings (SSSR count). The Kier molecular flexibility index (Phi) is 6.93. The van der Waals surface area contributed by atoms with Gasteiger partial charge in [-0.15, -0.1) is 0 Å². The van der Waals surface area contributed by atoms with Crippen molar-refractivity contribution < 1.29 is 4.74 Å². The molecular weight excluding hydrogens is 693 g/mol. The topological polar surface area (TPSA) is 19.1 Å². The summed E-state index contributed by atoms with van der Waals surface area (Å²) in [4.78, 5) is 0. The molecular formula is C54H34N2O. The lowest BCUT2D eigenvalue weighted by molar-refractivity contribution is 0.476. The first-order valence-electron chi connectivity index (χ1n) is 19.5. The first-order valence-corrected chi connectivity index (χ1v) is 19.5. The lowest BCUT2D eigenvalue weighted by Crippen LogP contribution is -2.03. The number of ether oxygens (including phenoxy) is 1. The summed E-state index contributed by atoms with van der Waals surface area (Å²) in [5.41, 5.74) is 16.4. The van der Waals surface area contributed by atoms with Crippen LogP contribution in [0.2, 0.25) is 0 Å². The minimum atomic E-state index is 0.874. The number of para-hydroxylation sites is 4. The van der Waals surface area contributed by atoms with Crippen LogP contribution in [0.25, 0.3) is 99.5 Å². The van der Waals surface area contributed by atoms with E-state index < -0.39 is 0 Å². The predicted molar refractivity (Wildman–Crippen MR) is 237 cm³/mol. The molecule has 0 spiro atoms. The van der Waals surface area contributed by atoms with Crippen molar-refractivity contribution in [1.29, 1.82) is 0 Å². The lowest BCUT2D eigenvalue weighted by Gasteiger charge is -2.20. The monoisotopic (exact) mass is 726 g/mol. The predicted octanol–water partition coefficient (Wildman–Crippen LogP) is 14.7. The molecule has 0 saturated carbocycles. The third-order valence-electron chi connectivity index (χ3n) is 11.7. The van der Waals surface area contributed by atoms with Gasteiger partial charge in [0.1, 0.15) is 0 Å². The molecule has 0 aliphatic carbocycles. The molecule has 0 bridgehead atoms. The maximum Gasteiger partial charge on any atom is 0.152 e. The van der Waals surface area contributed by atoms with E-state index in [2.05, 4.69) is 203 Å². The zero-order valence-corrected chi connectivity index (χ0v) is 30.9. The van der Waals surface area contributed by atoms with Gasteiger partial charge in [-0.25, -0.2) is 0 Å². The van der Waals surface area contributed by atoms with Gasteiger partial charge in [-0.2, -0.15) is 0 Å². The van der Waals surface area contributed by atoms with Crippen molar-refractivity contribution in [2.45, 2.75) is 0 Å². The molecule has 0 N–H and O–H groups in total. The normalized spacial score (nSPS) is 12.0. The van der Waals surface area contributed by atoms with E-state index in [9.17, 15) is 0 Å². The molecule has 3 heterocycles. The second-order valence-electron chi connectivity index (χ2n) is 14.9. The van der Waals surface area contributed by atoms with E-state index in [0.29, 0.717) is 0 Å². The minimum absolute atomic E-state index is 0.874. The minimum Gasteiger partial charge on any atom is -0.453 e. The maximum absolute atomic E-state index is 6.42. The van der Waals surface area contributed by atoms with Gasteiger partial charge in [0.05, 0.1) is 33.4 Å². The average Bonchev–Trinajstić information content (AvgIpc) is 3.80. The Hall–Kier alpha value is -7.62. The van der Waals surface area contributed by atoms with Crippen LogP contribution < -0.4 is 4.74 Å². The third-order valence-corrected chi connectivity index (χ3v) is 11.7. The number of hydrogen-bond acceptors (Lipinski definition) is 1. The molecule has 0 radical (unpaired) electrons. The van der Waals surface area contributed by atoms with Gasteiger partial charge in [0.2, 0.25) is 0 Å². The van der Waals surface area contributed by atoms with Crippen molar-refractivity contribution in [3.63, 3.8) is 0 Å². The Morgan fingerprint density at radius 2 is 0.772 bits per heavy atom. The summed E-state index contributed by atoms with van der Waals surface area (Å²) in [6.07, 6.45) is 0. The summed E-state index contributed by atoms with van der Waals surface area (Å²) >= 11 is 0. The van der Waals surface area contributed by atoms with Gasteiger partial charge in [-0.05, 0) is 99.6 Å². The zero-order chi connectivity index (χ0) is 37.5. The van der Waals surface area contributed by atoms with Crippen LogP contribution in [0, 0.1) is 0 Å². The molecule has 0 atom stereocenters. The molecule has 1 aliphatic rings. The standard InChI is InChI=1S/C54H34N2O/c1-3-14-35(15-4-1)37-26-29-48-45(32-37)46-33-38(36-16-5-2-6-17-36)27-30-49(46)55(48)47-22-10-9-20-42(47)41-19-8-7-18-40(41)39-28-31-50-44(34-39)43-21-13-25-53-54(43)56(50)51-23-11-12-24-52(51)57-53/h1-34H. The van der Waals surface area contributed by atoms with Gasteiger partial charge in [-0.3, -0.25) is 0 Å². The molecule has 1 aliphatic heterocycles.